The molecule has 4 nitrogen and oxygen atoms in total. The zero-order chi connectivity index (χ0) is 17.2. The van der Waals surface area contributed by atoms with Gasteiger partial charge < -0.3 is 14.7 Å². The second-order valence-corrected chi connectivity index (χ2v) is 6.70. The van der Waals surface area contributed by atoms with Crippen molar-refractivity contribution in [2.75, 3.05) is 12.0 Å². The molecule has 1 aromatic carbocycles. The number of rotatable bonds is 6. The molecule has 0 bridgehead atoms. The first-order valence-corrected chi connectivity index (χ1v) is 8.22. The lowest BCUT2D eigenvalue weighted by Crippen LogP contribution is -2.54. The highest BCUT2D eigenvalue weighted by Gasteiger charge is 2.40. The quantitative estimate of drug-likeness (QED) is 0.848. The lowest BCUT2D eigenvalue weighted by molar-refractivity contribution is -0.139. The van der Waals surface area contributed by atoms with Crippen LogP contribution in [-0.4, -0.2) is 29.8 Å². The summed E-state index contributed by atoms with van der Waals surface area (Å²) < 4.78 is 5.56. The van der Waals surface area contributed by atoms with Crippen LogP contribution in [0.15, 0.2) is 24.3 Å². The van der Waals surface area contributed by atoms with Gasteiger partial charge in [-0.25, -0.2) is 4.79 Å². The molecule has 1 N–H and O–H groups in total. The molecule has 0 fully saturated rings. The minimum Gasteiger partial charge on any atom is -0.495 e. The van der Waals surface area contributed by atoms with Crippen LogP contribution in [0.4, 0.5) is 5.69 Å². The summed E-state index contributed by atoms with van der Waals surface area (Å²) in [4.78, 5) is 14.0. The van der Waals surface area contributed by atoms with E-state index in [4.69, 9.17) is 4.74 Å². The molecular weight excluding hydrogens is 290 g/mol. The maximum Gasteiger partial charge on any atom is 0.326 e. The summed E-state index contributed by atoms with van der Waals surface area (Å²) in [6.45, 7) is 8.28. The Kier molecular flexibility index (Phi) is 5.03. The van der Waals surface area contributed by atoms with E-state index in [9.17, 15) is 9.90 Å². The van der Waals surface area contributed by atoms with Gasteiger partial charge in [0.05, 0.1) is 18.3 Å². The summed E-state index contributed by atoms with van der Waals surface area (Å²) >= 11 is 0. The van der Waals surface area contributed by atoms with Crippen LogP contribution in [-0.2, 0) is 4.79 Å². The third-order valence-corrected chi connectivity index (χ3v) is 4.50. The van der Waals surface area contributed by atoms with Crippen LogP contribution in [0, 0.1) is 0 Å². The van der Waals surface area contributed by atoms with E-state index in [1.165, 1.54) is 0 Å². The average molecular weight is 317 g/mol. The number of hydrogen-bond donors (Lipinski definition) is 1. The fourth-order valence-electron chi connectivity index (χ4n) is 3.54. The number of methoxy groups -OCH3 is 1. The third-order valence-electron chi connectivity index (χ3n) is 4.50. The number of aliphatic carboxylic acids is 1. The molecule has 4 heteroatoms. The van der Waals surface area contributed by atoms with E-state index in [0.717, 1.165) is 35.4 Å². The van der Waals surface area contributed by atoms with Crippen molar-refractivity contribution in [2.24, 2.45) is 0 Å². The Morgan fingerprint density at radius 1 is 1.39 bits per heavy atom. The second-order valence-electron chi connectivity index (χ2n) is 6.70. The van der Waals surface area contributed by atoms with Gasteiger partial charge in [-0.15, -0.1) is 0 Å². The number of fused-ring (bicyclic) bond motifs is 1. The van der Waals surface area contributed by atoms with Gasteiger partial charge in [-0.2, -0.15) is 0 Å². The summed E-state index contributed by atoms with van der Waals surface area (Å²) in [6, 6.07) is 5.32. The van der Waals surface area contributed by atoms with E-state index in [0.29, 0.717) is 6.42 Å². The van der Waals surface area contributed by atoms with Crippen molar-refractivity contribution in [3.63, 3.8) is 0 Å². The maximum atomic E-state index is 12.0. The molecule has 1 aliphatic rings. The monoisotopic (exact) mass is 317 g/mol. The van der Waals surface area contributed by atoms with E-state index >= 15 is 0 Å². The lowest BCUT2D eigenvalue weighted by atomic mass is 9.86. The Bertz CT molecular complexity index is 619. The third kappa shape index (κ3) is 3.21. The smallest absolute Gasteiger partial charge is 0.326 e. The number of allylic oxidation sites excluding steroid dienone is 1. The Balaban J connectivity index is 2.63. The van der Waals surface area contributed by atoms with Crippen molar-refractivity contribution in [1.29, 1.82) is 0 Å². The van der Waals surface area contributed by atoms with E-state index in [1.54, 1.807) is 7.11 Å². The number of carbonyl (C=O) groups is 1. The van der Waals surface area contributed by atoms with Crippen molar-refractivity contribution >= 4 is 17.2 Å². The molecule has 1 atom stereocenters. The van der Waals surface area contributed by atoms with Crippen molar-refractivity contribution in [3.8, 4) is 5.75 Å². The minimum absolute atomic E-state index is 0.386. The molecule has 0 aromatic heterocycles. The van der Waals surface area contributed by atoms with Gasteiger partial charge in [0, 0.05) is 5.56 Å². The average Bonchev–Trinajstić information content (AvgIpc) is 2.48. The number of hydrogen-bond acceptors (Lipinski definition) is 3. The molecule has 2 rings (SSSR count). The number of para-hydroxylation sites is 1. The van der Waals surface area contributed by atoms with Crippen LogP contribution in [0.1, 0.15) is 52.5 Å². The van der Waals surface area contributed by atoms with Gasteiger partial charge in [0.1, 0.15) is 11.8 Å². The van der Waals surface area contributed by atoms with E-state index in [-0.39, 0.29) is 5.54 Å². The number of ether oxygens (including phenoxy) is 1. The van der Waals surface area contributed by atoms with Crippen LogP contribution in [0.25, 0.3) is 5.57 Å². The summed E-state index contributed by atoms with van der Waals surface area (Å²) in [5.41, 5.74) is 2.71. The number of carboxylic acid groups (broad SMARTS) is 1. The fourth-order valence-corrected chi connectivity index (χ4v) is 3.54. The molecular formula is C19H27NO3. The molecule has 0 saturated heterocycles. The highest BCUT2D eigenvalue weighted by atomic mass is 16.5. The SMILES string of the molecule is CCCCC(C(=O)O)N1c2c(OC)cccc2C(C)=CC1(C)C. The summed E-state index contributed by atoms with van der Waals surface area (Å²) in [6.07, 6.45) is 4.64. The molecule has 0 amide bonds. The topological polar surface area (TPSA) is 49.8 Å². The van der Waals surface area contributed by atoms with Crippen molar-refractivity contribution in [2.45, 2.75) is 58.5 Å². The molecule has 1 unspecified atom stereocenters. The summed E-state index contributed by atoms with van der Waals surface area (Å²) in [7, 11) is 1.64. The van der Waals surface area contributed by atoms with Crippen LogP contribution in [0.5, 0.6) is 5.75 Å². The molecule has 0 saturated carbocycles. The summed E-state index contributed by atoms with van der Waals surface area (Å²) in [5.74, 6) is -0.0536. The van der Waals surface area contributed by atoms with Crippen molar-refractivity contribution in [1.82, 2.24) is 0 Å². The Morgan fingerprint density at radius 3 is 2.65 bits per heavy atom. The molecule has 0 aliphatic carbocycles. The molecule has 0 spiro atoms. The Labute approximate surface area is 138 Å². The first kappa shape index (κ1) is 17.4. The first-order chi connectivity index (χ1) is 10.8. The van der Waals surface area contributed by atoms with E-state index in [2.05, 4.69) is 33.8 Å². The number of benzene rings is 1. The zero-order valence-corrected chi connectivity index (χ0v) is 14.7. The van der Waals surface area contributed by atoms with Gasteiger partial charge in [0.2, 0.25) is 0 Å². The number of anilines is 1. The van der Waals surface area contributed by atoms with Gasteiger partial charge in [-0.3, -0.25) is 0 Å². The van der Waals surface area contributed by atoms with Gasteiger partial charge >= 0.3 is 5.97 Å². The molecule has 0 radical (unpaired) electrons. The van der Waals surface area contributed by atoms with Gasteiger partial charge in [0.15, 0.2) is 0 Å². The number of carboxylic acids is 1. The number of nitrogens with zero attached hydrogens (tertiary/aromatic N) is 1. The van der Waals surface area contributed by atoms with Gasteiger partial charge in [-0.1, -0.05) is 38.0 Å². The van der Waals surface area contributed by atoms with Crippen molar-refractivity contribution in [3.05, 3.63) is 29.8 Å². The lowest BCUT2D eigenvalue weighted by Gasteiger charge is -2.46. The molecule has 1 heterocycles. The second kappa shape index (κ2) is 6.65. The first-order valence-electron chi connectivity index (χ1n) is 8.22. The Hall–Kier alpha value is -1.97. The van der Waals surface area contributed by atoms with Crippen molar-refractivity contribution < 1.29 is 14.6 Å². The standard InChI is InChI=1S/C19H27NO3/c1-6-7-10-15(18(21)22)20-17-14(9-8-11-16(17)23-5)13(2)12-19(20,3)4/h8-9,11-12,15H,6-7,10H2,1-5H3,(H,21,22). The normalized spacial score (nSPS) is 17.3. The summed E-state index contributed by atoms with van der Waals surface area (Å²) in [5, 5.41) is 9.84. The van der Waals surface area contributed by atoms with E-state index in [1.807, 2.05) is 23.1 Å². The fraction of sp³-hybridized carbons (Fsp3) is 0.526. The van der Waals surface area contributed by atoms with Crippen LogP contribution in [0.3, 0.4) is 0 Å². The highest BCUT2D eigenvalue weighted by Crippen LogP contribution is 2.46. The highest BCUT2D eigenvalue weighted by molar-refractivity contribution is 5.89. The predicted octanol–water partition coefficient (Wildman–Crippen LogP) is 4.34. The van der Waals surface area contributed by atoms with E-state index < -0.39 is 12.0 Å². The van der Waals surface area contributed by atoms with Gasteiger partial charge in [-0.05, 0) is 38.8 Å². The largest absolute Gasteiger partial charge is 0.495 e. The van der Waals surface area contributed by atoms with Crippen LogP contribution >= 0.6 is 0 Å². The van der Waals surface area contributed by atoms with Crippen LogP contribution < -0.4 is 9.64 Å². The maximum absolute atomic E-state index is 12.0. The minimum atomic E-state index is -0.781. The molecule has 1 aliphatic heterocycles. The molecule has 126 valence electrons. The number of unbranched alkanes of at least 4 members (excludes halogenated alkanes) is 1. The predicted molar refractivity (Wildman–Crippen MR) is 94.2 cm³/mol. The van der Waals surface area contributed by atoms with Crippen LogP contribution in [0.2, 0.25) is 0 Å². The Morgan fingerprint density at radius 2 is 2.09 bits per heavy atom. The molecule has 1 aromatic rings. The van der Waals surface area contributed by atoms with Gasteiger partial charge in [0.25, 0.3) is 0 Å². The zero-order valence-electron chi connectivity index (χ0n) is 14.7. The molecule has 23 heavy (non-hydrogen) atoms.